The lowest BCUT2D eigenvalue weighted by molar-refractivity contribution is -0.0177. The van der Waals surface area contributed by atoms with Crippen molar-refractivity contribution in [2.24, 2.45) is 0 Å². The Balaban J connectivity index is 0.000000206. The number of ether oxygens (including phenoxy) is 2. The minimum atomic E-state index is -0.550. The fraction of sp³-hybridized carbons (Fsp3) is 0.429. The molecule has 0 fully saturated rings. The van der Waals surface area contributed by atoms with Crippen LogP contribution in [0.2, 0.25) is 0 Å². The molecule has 1 aliphatic heterocycles. The van der Waals surface area contributed by atoms with Crippen molar-refractivity contribution < 1.29 is 29.3 Å². The molecule has 1 aliphatic rings. The molecule has 1 aromatic rings. The minimum Gasteiger partial charge on any atom is -0.394 e. The van der Waals surface area contributed by atoms with E-state index in [2.05, 4.69) is 4.74 Å². The molecule has 1 heterocycles. The summed E-state index contributed by atoms with van der Waals surface area (Å²) in [6, 6.07) is 6.53. The molecule has 20 heavy (non-hydrogen) atoms. The van der Waals surface area contributed by atoms with Gasteiger partial charge in [-0.1, -0.05) is 12.1 Å². The Morgan fingerprint density at radius 2 is 1.65 bits per heavy atom. The third-order valence-corrected chi connectivity index (χ3v) is 2.43. The fourth-order valence-corrected chi connectivity index (χ4v) is 1.39. The summed E-state index contributed by atoms with van der Waals surface area (Å²) in [5, 5.41) is 17.1. The standard InChI is InChI=1S/C8H4O3.C6H14O3/c9-7-5-3-1-2-4-6(5)8(10)11-7;1-5(8)4-9-6(2)3-7/h1-4H;5-8H,3-4H2,1-2H3. The van der Waals surface area contributed by atoms with Gasteiger partial charge in [0.1, 0.15) is 0 Å². The largest absolute Gasteiger partial charge is 0.394 e. The van der Waals surface area contributed by atoms with Gasteiger partial charge in [-0.05, 0) is 26.0 Å². The van der Waals surface area contributed by atoms with Crippen LogP contribution in [0.1, 0.15) is 34.6 Å². The van der Waals surface area contributed by atoms with Gasteiger partial charge in [-0.25, -0.2) is 9.59 Å². The van der Waals surface area contributed by atoms with Gasteiger partial charge in [0.25, 0.3) is 0 Å². The van der Waals surface area contributed by atoms with Gasteiger partial charge in [0.15, 0.2) is 0 Å². The SMILES string of the molecule is CC(O)COC(C)CO.O=C1OC(=O)c2ccccc21. The fourth-order valence-electron chi connectivity index (χ4n) is 1.39. The smallest absolute Gasteiger partial charge is 0.346 e. The van der Waals surface area contributed by atoms with E-state index in [0.717, 1.165) is 0 Å². The molecule has 110 valence electrons. The topological polar surface area (TPSA) is 93.1 Å². The van der Waals surface area contributed by atoms with Crippen LogP contribution in [0, 0.1) is 0 Å². The van der Waals surface area contributed by atoms with Crippen LogP contribution in [0.25, 0.3) is 0 Å². The van der Waals surface area contributed by atoms with Crippen LogP contribution in [0.3, 0.4) is 0 Å². The van der Waals surface area contributed by atoms with Gasteiger partial charge in [-0.2, -0.15) is 0 Å². The van der Waals surface area contributed by atoms with Crippen molar-refractivity contribution in [2.45, 2.75) is 26.1 Å². The van der Waals surface area contributed by atoms with Gasteiger partial charge in [0.2, 0.25) is 0 Å². The van der Waals surface area contributed by atoms with Crippen LogP contribution in [0.4, 0.5) is 0 Å². The van der Waals surface area contributed by atoms with Gasteiger partial charge in [-0.15, -0.1) is 0 Å². The summed E-state index contributed by atoms with van der Waals surface area (Å²) in [5.74, 6) is -1.10. The molecule has 6 heteroatoms. The quantitative estimate of drug-likeness (QED) is 0.625. The number of carbonyl (C=O) groups excluding carboxylic acids is 2. The highest BCUT2D eigenvalue weighted by Gasteiger charge is 2.28. The second-order valence-electron chi connectivity index (χ2n) is 4.40. The molecule has 0 saturated heterocycles. The Hall–Kier alpha value is -1.76. The lowest BCUT2D eigenvalue weighted by Crippen LogP contribution is -2.19. The van der Waals surface area contributed by atoms with Crippen molar-refractivity contribution in [2.75, 3.05) is 13.2 Å². The van der Waals surface area contributed by atoms with Crippen molar-refractivity contribution >= 4 is 11.9 Å². The van der Waals surface area contributed by atoms with Crippen molar-refractivity contribution in [1.29, 1.82) is 0 Å². The van der Waals surface area contributed by atoms with E-state index >= 15 is 0 Å². The average molecular weight is 282 g/mol. The van der Waals surface area contributed by atoms with Crippen LogP contribution in [0.5, 0.6) is 0 Å². The van der Waals surface area contributed by atoms with Gasteiger partial charge >= 0.3 is 11.9 Å². The summed E-state index contributed by atoms with van der Waals surface area (Å²) in [5.41, 5.74) is 0.718. The predicted molar refractivity (Wildman–Crippen MR) is 70.4 cm³/mol. The first kappa shape index (κ1) is 16.3. The molecule has 0 aromatic heterocycles. The molecule has 2 N–H and O–H groups in total. The van der Waals surface area contributed by atoms with Crippen molar-refractivity contribution in [1.82, 2.24) is 0 Å². The molecule has 2 atom stereocenters. The number of aliphatic hydroxyl groups is 2. The molecule has 1 aromatic carbocycles. The predicted octanol–water partition coefficient (Wildman–Crippen LogP) is 0.762. The number of fused-ring (bicyclic) bond motifs is 1. The van der Waals surface area contributed by atoms with Crippen LogP contribution >= 0.6 is 0 Å². The van der Waals surface area contributed by atoms with Crippen molar-refractivity contribution in [3.05, 3.63) is 35.4 Å². The average Bonchev–Trinajstić information content (AvgIpc) is 2.73. The Morgan fingerprint density at radius 1 is 1.15 bits per heavy atom. The first-order valence-electron chi connectivity index (χ1n) is 6.21. The number of esters is 2. The first-order valence-corrected chi connectivity index (χ1v) is 6.21. The summed E-state index contributed by atoms with van der Waals surface area (Å²) in [6.45, 7) is 3.70. The summed E-state index contributed by atoms with van der Waals surface area (Å²) in [4.78, 5) is 21.7. The molecule has 2 rings (SSSR count). The monoisotopic (exact) mass is 282 g/mol. The van der Waals surface area contributed by atoms with Gasteiger partial charge in [-0.3, -0.25) is 0 Å². The molecule has 0 bridgehead atoms. The highest BCUT2D eigenvalue weighted by molar-refractivity contribution is 6.14. The number of hydrogen-bond acceptors (Lipinski definition) is 6. The van der Waals surface area contributed by atoms with E-state index < -0.39 is 18.0 Å². The van der Waals surface area contributed by atoms with Gasteiger partial charge in [0.05, 0.1) is 36.5 Å². The lowest BCUT2D eigenvalue weighted by Gasteiger charge is -2.10. The van der Waals surface area contributed by atoms with Gasteiger partial charge < -0.3 is 19.7 Å². The van der Waals surface area contributed by atoms with Crippen molar-refractivity contribution in [3.63, 3.8) is 0 Å². The molecular formula is C14H18O6. The van der Waals surface area contributed by atoms with E-state index in [1.54, 1.807) is 38.1 Å². The Bertz CT molecular complexity index is 435. The third kappa shape index (κ3) is 4.73. The number of carbonyl (C=O) groups is 2. The zero-order chi connectivity index (χ0) is 15.1. The van der Waals surface area contributed by atoms with Crippen LogP contribution in [0.15, 0.2) is 24.3 Å². The molecule has 6 nitrogen and oxygen atoms in total. The summed E-state index contributed by atoms with van der Waals surface area (Å²) >= 11 is 0. The first-order chi connectivity index (χ1) is 9.45. The molecule has 0 aliphatic carbocycles. The number of benzene rings is 1. The summed E-state index contributed by atoms with van der Waals surface area (Å²) in [7, 11) is 0. The number of cyclic esters (lactones) is 2. The zero-order valence-corrected chi connectivity index (χ0v) is 11.4. The molecule has 0 amide bonds. The lowest BCUT2D eigenvalue weighted by atomic mass is 10.1. The van der Waals surface area contributed by atoms with E-state index in [9.17, 15) is 9.59 Å². The maximum Gasteiger partial charge on any atom is 0.346 e. The number of aliphatic hydroxyl groups excluding tert-OH is 2. The maximum atomic E-state index is 10.8. The summed E-state index contributed by atoms with van der Waals surface area (Å²) in [6.07, 6.45) is -0.612. The second kappa shape index (κ2) is 7.74. The molecule has 0 spiro atoms. The molecule has 0 saturated carbocycles. The second-order valence-corrected chi connectivity index (χ2v) is 4.40. The van der Waals surface area contributed by atoms with Crippen LogP contribution in [-0.4, -0.2) is 47.6 Å². The third-order valence-electron chi connectivity index (χ3n) is 2.43. The molecule has 2 unspecified atom stereocenters. The Labute approximate surface area is 116 Å². The van der Waals surface area contributed by atoms with E-state index in [1.165, 1.54) is 0 Å². The highest BCUT2D eigenvalue weighted by atomic mass is 16.6. The van der Waals surface area contributed by atoms with Gasteiger partial charge in [0, 0.05) is 0 Å². The van der Waals surface area contributed by atoms with E-state index in [4.69, 9.17) is 14.9 Å². The highest BCUT2D eigenvalue weighted by Crippen LogP contribution is 2.18. The number of hydrogen-bond donors (Lipinski definition) is 2. The molecular weight excluding hydrogens is 264 g/mol. The summed E-state index contributed by atoms with van der Waals surface area (Å²) < 4.78 is 9.31. The normalized spacial score (nSPS) is 15.8. The molecule has 0 radical (unpaired) electrons. The van der Waals surface area contributed by atoms with Crippen LogP contribution in [-0.2, 0) is 9.47 Å². The van der Waals surface area contributed by atoms with E-state index in [0.29, 0.717) is 17.7 Å². The van der Waals surface area contributed by atoms with Crippen molar-refractivity contribution in [3.8, 4) is 0 Å². The number of rotatable bonds is 4. The van der Waals surface area contributed by atoms with E-state index in [1.807, 2.05) is 0 Å². The minimum absolute atomic E-state index is 0.00667. The zero-order valence-electron chi connectivity index (χ0n) is 11.4. The maximum absolute atomic E-state index is 10.8. The van der Waals surface area contributed by atoms with E-state index in [-0.39, 0.29) is 12.7 Å². The Kier molecular flexibility index (Phi) is 6.30. The van der Waals surface area contributed by atoms with Crippen LogP contribution < -0.4 is 0 Å². The Morgan fingerprint density at radius 3 is 2.05 bits per heavy atom.